The van der Waals surface area contributed by atoms with Gasteiger partial charge in [0, 0.05) is 10.2 Å². The molecule has 0 heterocycles. The van der Waals surface area contributed by atoms with E-state index in [-0.39, 0.29) is 5.75 Å². The molecule has 17 heavy (non-hydrogen) atoms. The number of aliphatic hydroxyl groups is 1. The monoisotopic (exact) mass is 496 g/mol. The van der Waals surface area contributed by atoms with Crippen molar-refractivity contribution >= 4 is 64.3 Å². The zero-order valence-electron chi connectivity index (χ0n) is 8.90. The van der Waals surface area contributed by atoms with E-state index in [0.29, 0.717) is 5.56 Å². The number of aliphatic hydroxyl groups excluding tert-OH is 1. The molecule has 0 aromatic heterocycles. The van der Waals surface area contributed by atoms with Crippen LogP contribution in [0.1, 0.15) is 18.6 Å². The van der Waals surface area contributed by atoms with Gasteiger partial charge in [-0.05, 0) is 40.3 Å². The van der Waals surface area contributed by atoms with Crippen molar-refractivity contribution in [2.75, 3.05) is 5.75 Å². The van der Waals surface area contributed by atoms with Gasteiger partial charge in [-0.2, -0.15) is 0 Å². The lowest BCUT2D eigenvalue weighted by Gasteiger charge is -2.26. The number of hydrogen-bond acceptors (Lipinski definition) is 3. The molecule has 3 nitrogen and oxygen atoms in total. The van der Waals surface area contributed by atoms with Crippen LogP contribution in [0, 0.1) is 0 Å². The number of halogens is 3. The molecule has 0 spiro atoms. The minimum atomic E-state index is -3.41. The predicted molar refractivity (Wildman–Crippen MR) is 84.2 cm³/mol. The van der Waals surface area contributed by atoms with Crippen LogP contribution in [0.15, 0.2) is 28.7 Å². The molecule has 0 bridgehead atoms. The first-order chi connectivity index (χ1) is 7.72. The molecule has 1 aromatic carbocycles. The van der Waals surface area contributed by atoms with Crippen molar-refractivity contribution in [3.63, 3.8) is 0 Å². The van der Waals surface area contributed by atoms with Gasteiger partial charge in [0.2, 0.25) is 1.66 Å². The third kappa shape index (κ3) is 3.43. The van der Waals surface area contributed by atoms with Crippen LogP contribution in [0.25, 0.3) is 0 Å². The fourth-order valence-corrected chi connectivity index (χ4v) is 4.57. The standard InChI is InChI=1S/C10H11Br2IO3S/c1-2-17(15,16)10(12,13)9(14)7-3-5-8(11)6-4-7/h3-6,9,14H,2H2,1H3. The molecule has 0 aliphatic carbocycles. The molecule has 2 unspecified atom stereocenters. The fourth-order valence-electron chi connectivity index (χ4n) is 1.20. The van der Waals surface area contributed by atoms with E-state index < -0.39 is 17.6 Å². The van der Waals surface area contributed by atoms with E-state index in [4.69, 9.17) is 0 Å². The summed E-state index contributed by atoms with van der Waals surface area (Å²) in [7, 11) is -3.41. The van der Waals surface area contributed by atoms with Gasteiger partial charge in [0.1, 0.15) is 6.10 Å². The van der Waals surface area contributed by atoms with Gasteiger partial charge in [-0.15, -0.1) is 0 Å². The Labute approximate surface area is 131 Å². The highest BCUT2D eigenvalue weighted by Gasteiger charge is 2.44. The van der Waals surface area contributed by atoms with Gasteiger partial charge in [-0.1, -0.05) is 50.9 Å². The van der Waals surface area contributed by atoms with Crippen LogP contribution in [0.3, 0.4) is 0 Å². The molecule has 0 aliphatic rings. The maximum Gasteiger partial charge on any atom is 0.207 e. The second-order valence-corrected chi connectivity index (χ2v) is 12.5. The molecule has 0 aliphatic heterocycles. The lowest BCUT2D eigenvalue weighted by molar-refractivity contribution is 0.191. The third-order valence-electron chi connectivity index (χ3n) is 2.30. The lowest BCUT2D eigenvalue weighted by Crippen LogP contribution is -2.33. The molecule has 0 fully saturated rings. The topological polar surface area (TPSA) is 54.4 Å². The summed E-state index contributed by atoms with van der Waals surface area (Å²) in [5, 5.41) is 10.2. The van der Waals surface area contributed by atoms with Gasteiger partial charge in [0.05, 0.1) is 0 Å². The second-order valence-electron chi connectivity index (χ2n) is 3.42. The van der Waals surface area contributed by atoms with Crippen molar-refractivity contribution in [3.8, 4) is 0 Å². The van der Waals surface area contributed by atoms with Gasteiger partial charge in [0.15, 0.2) is 9.84 Å². The summed E-state index contributed by atoms with van der Waals surface area (Å²) in [6.07, 6.45) is -1.12. The van der Waals surface area contributed by atoms with E-state index in [0.717, 1.165) is 4.47 Å². The predicted octanol–water partition coefficient (Wildman–Crippen LogP) is 3.40. The average molecular weight is 498 g/mol. The van der Waals surface area contributed by atoms with Crippen molar-refractivity contribution < 1.29 is 13.5 Å². The van der Waals surface area contributed by atoms with E-state index in [1.54, 1.807) is 53.8 Å². The molecule has 0 amide bonds. The highest BCUT2D eigenvalue weighted by Crippen LogP contribution is 2.45. The zero-order chi connectivity index (χ0) is 13.3. The molecule has 0 radical (unpaired) electrons. The summed E-state index contributed by atoms with van der Waals surface area (Å²) in [5.41, 5.74) is 0.552. The molecule has 7 heteroatoms. The Morgan fingerprint density at radius 2 is 1.88 bits per heavy atom. The first-order valence-corrected chi connectivity index (χ1v) is 9.07. The Morgan fingerprint density at radius 1 is 1.41 bits per heavy atom. The van der Waals surface area contributed by atoms with Gasteiger partial charge in [-0.3, -0.25) is 0 Å². The summed E-state index contributed by atoms with van der Waals surface area (Å²) >= 11 is 8.13. The van der Waals surface area contributed by atoms with Crippen molar-refractivity contribution in [1.82, 2.24) is 0 Å². The van der Waals surface area contributed by atoms with Crippen LogP contribution in [-0.4, -0.2) is 20.9 Å². The van der Waals surface area contributed by atoms with Crippen molar-refractivity contribution in [2.45, 2.75) is 14.7 Å². The fraction of sp³-hybridized carbons (Fsp3) is 0.400. The molecule has 96 valence electrons. The summed E-state index contributed by atoms with van der Waals surface area (Å²) in [4.78, 5) is 0. The smallest absolute Gasteiger partial charge is 0.207 e. The molecule has 0 saturated heterocycles. The lowest BCUT2D eigenvalue weighted by atomic mass is 10.1. The van der Waals surface area contributed by atoms with E-state index in [9.17, 15) is 13.5 Å². The summed E-state index contributed by atoms with van der Waals surface area (Å²) in [6, 6.07) is 6.90. The van der Waals surface area contributed by atoms with Gasteiger partial charge < -0.3 is 5.11 Å². The molecule has 0 saturated carbocycles. The first kappa shape index (κ1) is 15.9. The number of benzene rings is 1. The summed E-state index contributed by atoms with van der Waals surface area (Å²) in [6.45, 7) is 1.55. The highest BCUT2D eigenvalue weighted by molar-refractivity contribution is 14.1. The molecule has 2 atom stereocenters. The minimum absolute atomic E-state index is 0.0330. The second kappa shape index (κ2) is 5.85. The molecular formula is C10H11Br2IO3S. The molecule has 1 rings (SSSR count). The van der Waals surface area contributed by atoms with Crippen LogP contribution in [0.2, 0.25) is 0 Å². The van der Waals surface area contributed by atoms with E-state index in [1.165, 1.54) is 0 Å². The summed E-state index contributed by atoms with van der Waals surface area (Å²) < 4.78 is 23.2. The van der Waals surface area contributed by atoms with E-state index >= 15 is 0 Å². The Kier molecular flexibility index (Phi) is 5.47. The normalized spacial score (nSPS) is 17.5. The zero-order valence-corrected chi connectivity index (χ0v) is 15.0. The van der Waals surface area contributed by atoms with Crippen molar-refractivity contribution in [3.05, 3.63) is 34.3 Å². The average Bonchev–Trinajstić information content (AvgIpc) is 2.28. The first-order valence-electron chi connectivity index (χ1n) is 4.76. The van der Waals surface area contributed by atoms with Crippen LogP contribution >= 0.6 is 54.5 Å². The minimum Gasteiger partial charge on any atom is -0.385 e. The van der Waals surface area contributed by atoms with Crippen molar-refractivity contribution in [1.29, 1.82) is 0 Å². The molecule has 1 aromatic rings. The van der Waals surface area contributed by atoms with Crippen molar-refractivity contribution in [2.24, 2.45) is 0 Å². The Morgan fingerprint density at radius 3 is 2.29 bits per heavy atom. The number of hydrogen-bond donors (Lipinski definition) is 1. The maximum atomic E-state index is 11.9. The highest BCUT2D eigenvalue weighted by atomic mass is 127. The SMILES string of the molecule is CCS(=O)(=O)C(Br)(I)C(O)c1ccc(Br)cc1. The molecule has 1 N–H and O–H groups in total. The number of rotatable bonds is 4. The van der Waals surface area contributed by atoms with Crippen LogP contribution in [0.4, 0.5) is 0 Å². The van der Waals surface area contributed by atoms with Crippen LogP contribution in [0.5, 0.6) is 0 Å². The van der Waals surface area contributed by atoms with Crippen LogP contribution in [-0.2, 0) is 9.84 Å². The third-order valence-corrected chi connectivity index (χ3v) is 9.16. The van der Waals surface area contributed by atoms with E-state index in [1.807, 2.05) is 0 Å². The van der Waals surface area contributed by atoms with Gasteiger partial charge >= 0.3 is 0 Å². The van der Waals surface area contributed by atoms with Gasteiger partial charge in [-0.25, -0.2) is 8.42 Å². The largest absolute Gasteiger partial charge is 0.385 e. The quantitative estimate of drug-likeness (QED) is 0.512. The maximum absolute atomic E-state index is 11.9. The van der Waals surface area contributed by atoms with Gasteiger partial charge in [0.25, 0.3) is 0 Å². The Bertz CT molecular complexity index is 485. The van der Waals surface area contributed by atoms with Crippen LogP contribution < -0.4 is 0 Å². The Hall–Kier alpha value is 0.820. The molecular weight excluding hydrogens is 487 g/mol. The Balaban J connectivity index is 3.12. The number of sulfone groups is 1. The van der Waals surface area contributed by atoms with E-state index in [2.05, 4.69) is 31.9 Å². The summed E-state index contributed by atoms with van der Waals surface area (Å²) in [5.74, 6) is -0.0330. The number of alkyl halides is 2.